The molecule has 234 valence electrons. The van der Waals surface area contributed by atoms with Crippen LogP contribution in [0.15, 0.2) is 48.7 Å². The van der Waals surface area contributed by atoms with E-state index in [-0.39, 0.29) is 41.8 Å². The fourth-order valence-electron chi connectivity index (χ4n) is 5.68. The number of pyridine rings is 2. The van der Waals surface area contributed by atoms with Crippen LogP contribution in [0, 0.1) is 0 Å². The molecule has 2 fully saturated rings. The molecule has 2 aliphatic rings. The van der Waals surface area contributed by atoms with Gasteiger partial charge in [-0.25, -0.2) is 9.97 Å². The lowest BCUT2D eigenvalue weighted by molar-refractivity contribution is -0.138. The minimum atomic E-state index is -4.73. The van der Waals surface area contributed by atoms with Crippen LogP contribution in [-0.4, -0.2) is 78.1 Å². The van der Waals surface area contributed by atoms with Crippen LogP contribution in [0.5, 0.6) is 5.88 Å². The Bertz CT molecular complexity index is 1520. The number of anilines is 1. The lowest BCUT2D eigenvalue weighted by Gasteiger charge is -2.43. The normalized spacial score (nSPS) is 18.8. The van der Waals surface area contributed by atoms with E-state index in [1.54, 1.807) is 18.3 Å². The molecule has 13 heteroatoms. The molecule has 44 heavy (non-hydrogen) atoms. The van der Waals surface area contributed by atoms with Gasteiger partial charge >= 0.3 is 6.18 Å². The van der Waals surface area contributed by atoms with Crippen LogP contribution in [0.25, 0.3) is 11.3 Å². The summed E-state index contributed by atoms with van der Waals surface area (Å²) >= 11 is 5.83. The smallest absolute Gasteiger partial charge is 0.417 e. The fourth-order valence-corrected chi connectivity index (χ4v) is 5.86. The summed E-state index contributed by atoms with van der Waals surface area (Å²) in [6.45, 7) is 6.27. The summed E-state index contributed by atoms with van der Waals surface area (Å²) in [5.41, 5.74) is 0.458. The number of benzene rings is 1. The van der Waals surface area contributed by atoms with Gasteiger partial charge in [0, 0.05) is 49.5 Å². The quantitative estimate of drug-likeness (QED) is 0.360. The Morgan fingerprint density at radius 3 is 2.68 bits per heavy atom. The number of halogens is 4. The van der Waals surface area contributed by atoms with Crippen molar-refractivity contribution in [2.24, 2.45) is 0 Å². The van der Waals surface area contributed by atoms with Crippen molar-refractivity contribution in [3.05, 3.63) is 70.5 Å². The topological polar surface area (TPSA) is 99.7 Å². The second-order valence-electron chi connectivity index (χ2n) is 10.7. The van der Waals surface area contributed by atoms with E-state index >= 15 is 0 Å². The third-order valence-electron chi connectivity index (χ3n) is 7.88. The zero-order chi connectivity index (χ0) is 31.4. The number of rotatable bonds is 8. The molecule has 2 atom stereocenters. The molecule has 0 unspecified atom stereocenters. The van der Waals surface area contributed by atoms with Gasteiger partial charge in [0.1, 0.15) is 0 Å². The van der Waals surface area contributed by atoms with Gasteiger partial charge in [0.2, 0.25) is 5.88 Å². The number of hydrogen-bond acceptors (Lipinski definition) is 7. The van der Waals surface area contributed by atoms with E-state index in [1.165, 1.54) is 11.0 Å². The molecule has 0 spiro atoms. The maximum Gasteiger partial charge on any atom is 0.417 e. The van der Waals surface area contributed by atoms with Crippen molar-refractivity contribution in [1.82, 2.24) is 25.5 Å². The Balaban J connectivity index is 1.46. The Hall–Kier alpha value is -3.90. The highest BCUT2D eigenvalue weighted by Crippen LogP contribution is 2.36. The van der Waals surface area contributed by atoms with Gasteiger partial charge in [0.15, 0.2) is 5.69 Å². The molecule has 2 amide bonds. The van der Waals surface area contributed by atoms with Crippen molar-refractivity contribution in [1.29, 1.82) is 0 Å². The number of aromatic nitrogens is 2. The molecule has 9 nitrogen and oxygen atoms in total. The molecule has 0 radical (unpaired) electrons. The number of carbonyl (C=O) groups is 2. The van der Waals surface area contributed by atoms with Gasteiger partial charge in [0.25, 0.3) is 11.8 Å². The molecular formula is C31H34ClF3N6O3. The maximum atomic E-state index is 13.8. The number of hydrogen-bond donors (Lipinski definition) is 2. The van der Waals surface area contributed by atoms with Gasteiger partial charge in [0.05, 0.1) is 34.7 Å². The van der Waals surface area contributed by atoms with Gasteiger partial charge in [-0.3, -0.25) is 9.59 Å². The van der Waals surface area contributed by atoms with E-state index in [9.17, 15) is 22.8 Å². The Kier molecular flexibility index (Phi) is 9.59. The zero-order valence-corrected chi connectivity index (χ0v) is 25.2. The number of ether oxygens (including phenoxy) is 1. The van der Waals surface area contributed by atoms with Crippen LogP contribution in [-0.2, 0) is 6.18 Å². The third kappa shape index (κ3) is 6.76. The molecule has 2 aromatic heterocycles. The predicted molar refractivity (Wildman–Crippen MR) is 161 cm³/mol. The predicted octanol–water partition coefficient (Wildman–Crippen LogP) is 5.05. The Morgan fingerprint density at radius 1 is 1.16 bits per heavy atom. The summed E-state index contributed by atoms with van der Waals surface area (Å²) in [6.07, 6.45) is -1.75. The maximum absolute atomic E-state index is 13.8. The fraction of sp³-hybridized carbons (Fsp3) is 0.419. The van der Waals surface area contributed by atoms with Gasteiger partial charge < -0.3 is 25.2 Å². The summed E-state index contributed by atoms with van der Waals surface area (Å²) in [5, 5.41) is 6.22. The molecule has 3 aromatic rings. The number of nitrogens with one attached hydrogen (secondary N) is 2. The second kappa shape index (κ2) is 13.4. The first-order chi connectivity index (χ1) is 21.1. The van der Waals surface area contributed by atoms with Crippen molar-refractivity contribution < 1.29 is 27.5 Å². The summed E-state index contributed by atoms with van der Waals surface area (Å²) < 4.78 is 47.0. The average Bonchev–Trinajstić information content (AvgIpc) is 3.53. The summed E-state index contributed by atoms with van der Waals surface area (Å²) in [5.74, 6) is -0.644. The molecule has 2 aliphatic heterocycles. The van der Waals surface area contributed by atoms with Crippen LogP contribution in [0.1, 0.15) is 53.1 Å². The first kappa shape index (κ1) is 31.5. The zero-order valence-electron chi connectivity index (χ0n) is 24.5. The highest BCUT2D eigenvalue weighted by molar-refractivity contribution is 6.30. The number of carbonyl (C=O) groups excluding carboxylic acids is 2. The lowest BCUT2D eigenvalue weighted by Crippen LogP contribution is -2.55. The Labute approximate surface area is 258 Å². The molecule has 4 heterocycles. The van der Waals surface area contributed by atoms with Crippen molar-refractivity contribution in [3.8, 4) is 17.1 Å². The second-order valence-corrected chi connectivity index (χ2v) is 11.1. The number of amides is 2. The summed E-state index contributed by atoms with van der Waals surface area (Å²) in [4.78, 5) is 39.7. The first-order valence-electron chi connectivity index (χ1n) is 14.6. The van der Waals surface area contributed by atoms with Crippen LogP contribution >= 0.6 is 11.6 Å². The van der Waals surface area contributed by atoms with E-state index in [0.29, 0.717) is 48.9 Å². The number of alkyl halides is 3. The first-order valence-corrected chi connectivity index (χ1v) is 15.0. The SMILES string of the molecule is CCOc1ncccc1-c1ccc(N2CCN(C(=O)c3ccc(Cl)cc3C(F)(F)F)C[C@H]2CC)c(C(=O)N[C@H]2CCNC2)n1. The van der Waals surface area contributed by atoms with E-state index < -0.39 is 23.2 Å². The number of nitrogens with zero attached hydrogens (tertiary/aromatic N) is 4. The van der Waals surface area contributed by atoms with E-state index in [1.807, 2.05) is 30.9 Å². The van der Waals surface area contributed by atoms with E-state index in [2.05, 4.69) is 15.6 Å². The monoisotopic (exact) mass is 630 g/mol. The average molecular weight is 631 g/mol. The van der Waals surface area contributed by atoms with Crippen LogP contribution in [0.4, 0.5) is 18.9 Å². The molecule has 1 aromatic carbocycles. The largest absolute Gasteiger partial charge is 0.477 e. The van der Waals surface area contributed by atoms with Crippen molar-refractivity contribution in [3.63, 3.8) is 0 Å². The third-order valence-corrected chi connectivity index (χ3v) is 8.12. The molecule has 5 rings (SSSR count). The number of piperazine rings is 1. The molecule has 2 saturated heterocycles. The molecule has 0 bridgehead atoms. The molecule has 0 saturated carbocycles. The summed E-state index contributed by atoms with van der Waals surface area (Å²) in [6, 6.07) is 10.1. The van der Waals surface area contributed by atoms with Crippen molar-refractivity contribution in [2.75, 3.05) is 44.2 Å². The van der Waals surface area contributed by atoms with E-state index in [4.69, 9.17) is 21.3 Å². The minimum Gasteiger partial charge on any atom is -0.477 e. The van der Waals surface area contributed by atoms with Crippen LogP contribution in [0.2, 0.25) is 5.02 Å². The lowest BCUT2D eigenvalue weighted by atomic mass is 10.0. The van der Waals surface area contributed by atoms with Gasteiger partial charge in [-0.2, -0.15) is 13.2 Å². The van der Waals surface area contributed by atoms with E-state index in [0.717, 1.165) is 25.1 Å². The van der Waals surface area contributed by atoms with Gasteiger partial charge in [-0.05, 0) is 68.8 Å². The van der Waals surface area contributed by atoms with Gasteiger partial charge in [-0.1, -0.05) is 18.5 Å². The van der Waals surface area contributed by atoms with Crippen molar-refractivity contribution in [2.45, 2.75) is 44.9 Å². The van der Waals surface area contributed by atoms with Gasteiger partial charge in [-0.15, -0.1) is 0 Å². The molecule has 2 N–H and O–H groups in total. The highest BCUT2D eigenvalue weighted by Gasteiger charge is 2.38. The van der Waals surface area contributed by atoms with Crippen LogP contribution in [0.3, 0.4) is 0 Å². The standard InChI is InChI=1S/C31H34ClF3N6O3/c1-3-21-18-40(30(43)22-8-7-19(32)16-24(22)31(33,34)35)14-15-41(21)26-10-9-25(23-6-5-12-37-29(23)44-4-2)39-27(26)28(42)38-20-11-13-36-17-20/h5-10,12,16,20-21,36H,3-4,11,13-15,17-18H2,1-2H3,(H,38,42)/t20-,21+/m0/s1. The van der Waals surface area contributed by atoms with Crippen LogP contribution < -0.4 is 20.3 Å². The molecular weight excluding hydrogens is 597 g/mol. The van der Waals surface area contributed by atoms with Crippen molar-refractivity contribution >= 4 is 29.1 Å². The highest BCUT2D eigenvalue weighted by atomic mass is 35.5. The minimum absolute atomic E-state index is 0.0446. The Morgan fingerprint density at radius 2 is 1.98 bits per heavy atom. The molecule has 0 aliphatic carbocycles. The summed E-state index contributed by atoms with van der Waals surface area (Å²) in [7, 11) is 0.